The topological polar surface area (TPSA) is 44.0 Å². The molecule has 1 saturated carbocycles. The van der Waals surface area contributed by atoms with E-state index in [9.17, 15) is 5.11 Å². The first-order chi connectivity index (χ1) is 6.60. The predicted octanol–water partition coefficient (Wildman–Crippen LogP) is 2.91. The summed E-state index contributed by atoms with van der Waals surface area (Å²) in [7, 11) is 0. The van der Waals surface area contributed by atoms with Crippen LogP contribution in [0.1, 0.15) is 24.0 Å². The number of benzene rings is 1. The molecule has 0 radical (unpaired) electrons. The second-order valence-corrected chi connectivity index (χ2v) is 4.17. The molecular formula is C11H10ClNO. The van der Waals surface area contributed by atoms with Crippen molar-refractivity contribution in [3.8, 4) is 11.8 Å². The summed E-state index contributed by atoms with van der Waals surface area (Å²) in [6.45, 7) is 1.84. The molecule has 0 saturated heterocycles. The standard InChI is InChI=1S/C11H10ClNO/c1-7-8(12)2-3-9(14)10(7)11(6-13)4-5-11/h2-3,14H,4-5H2,1H3. The number of nitriles is 1. The van der Waals surface area contributed by atoms with Crippen molar-refractivity contribution in [3.05, 3.63) is 28.3 Å². The summed E-state index contributed by atoms with van der Waals surface area (Å²) < 4.78 is 0. The van der Waals surface area contributed by atoms with Gasteiger partial charge in [0.15, 0.2) is 0 Å². The van der Waals surface area contributed by atoms with Gasteiger partial charge in [0, 0.05) is 10.6 Å². The van der Waals surface area contributed by atoms with E-state index in [4.69, 9.17) is 16.9 Å². The molecule has 1 aliphatic carbocycles. The minimum atomic E-state index is -0.473. The Bertz CT molecular complexity index is 430. The van der Waals surface area contributed by atoms with Gasteiger partial charge >= 0.3 is 0 Å². The maximum atomic E-state index is 9.71. The Labute approximate surface area is 87.7 Å². The highest BCUT2D eigenvalue weighted by molar-refractivity contribution is 6.31. The smallest absolute Gasteiger partial charge is 0.120 e. The molecule has 0 unspecified atom stereocenters. The van der Waals surface area contributed by atoms with Crippen LogP contribution in [0.5, 0.6) is 5.75 Å². The predicted molar refractivity (Wildman–Crippen MR) is 54.4 cm³/mol. The van der Waals surface area contributed by atoms with Gasteiger partial charge in [-0.2, -0.15) is 5.26 Å². The van der Waals surface area contributed by atoms with Crippen LogP contribution in [0.2, 0.25) is 5.02 Å². The maximum Gasteiger partial charge on any atom is 0.120 e. The largest absolute Gasteiger partial charge is 0.508 e. The Morgan fingerprint density at radius 3 is 2.64 bits per heavy atom. The Balaban J connectivity index is 2.64. The lowest BCUT2D eigenvalue weighted by molar-refractivity contribution is 0.464. The highest BCUT2D eigenvalue weighted by atomic mass is 35.5. The molecule has 1 N–H and O–H groups in total. The van der Waals surface area contributed by atoms with Gasteiger partial charge in [0.2, 0.25) is 0 Å². The molecule has 0 amide bonds. The van der Waals surface area contributed by atoms with Crippen molar-refractivity contribution in [2.75, 3.05) is 0 Å². The minimum absolute atomic E-state index is 0.186. The SMILES string of the molecule is Cc1c(Cl)ccc(O)c1C1(C#N)CC1. The van der Waals surface area contributed by atoms with Crippen LogP contribution in [-0.2, 0) is 5.41 Å². The summed E-state index contributed by atoms with van der Waals surface area (Å²) in [5.41, 5.74) is 1.07. The summed E-state index contributed by atoms with van der Waals surface area (Å²) in [6.07, 6.45) is 1.64. The van der Waals surface area contributed by atoms with Crippen molar-refractivity contribution in [1.29, 1.82) is 5.26 Å². The summed E-state index contributed by atoms with van der Waals surface area (Å²) in [6, 6.07) is 5.47. The molecule has 0 atom stereocenters. The van der Waals surface area contributed by atoms with Crippen LogP contribution in [-0.4, -0.2) is 5.11 Å². The van der Waals surface area contributed by atoms with E-state index in [0.29, 0.717) is 10.6 Å². The van der Waals surface area contributed by atoms with Crippen LogP contribution in [0.25, 0.3) is 0 Å². The van der Waals surface area contributed by atoms with E-state index in [1.807, 2.05) is 6.92 Å². The monoisotopic (exact) mass is 207 g/mol. The van der Waals surface area contributed by atoms with Crippen molar-refractivity contribution in [2.24, 2.45) is 0 Å². The summed E-state index contributed by atoms with van der Waals surface area (Å²) in [4.78, 5) is 0. The molecule has 2 rings (SSSR count). The van der Waals surface area contributed by atoms with Crippen molar-refractivity contribution >= 4 is 11.6 Å². The van der Waals surface area contributed by atoms with Crippen LogP contribution in [0, 0.1) is 18.3 Å². The normalized spacial score (nSPS) is 17.5. The van der Waals surface area contributed by atoms with Crippen molar-refractivity contribution in [2.45, 2.75) is 25.2 Å². The lowest BCUT2D eigenvalue weighted by atomic mass is 9.92. The average Bonchev–Trinajstić information content (AvgIpc) is 2.93. The number of hydrogen-bond acceptors (Lipinski definition) is 2. The van der Waals surface area contributed by atoms with Gasteiger partial charge in [-0.1, -0.05) is 11.6 Å². The van der Waals surface area contributed by atoms with Gasteiger partial charge in [0.1, 0.15) is 5.75 Å². The van der Waals surface area contributed by atoms with E-state index in [0.717, 1.165) is 18.4 Å². The number of aromatic hydroxyl groups is 1. The molecule has 1 aliphatic rings. The Hall–Kier alpha value is -1.20. The quantitative estimate of drug-likeness (QED) is 0.770. The molecule has 0 aromatic heterocycles. The fraction of sp³-hybridized carbons (Fsp3) is 0.364. The van der Waals surface area contributed by atoms with E-state index in [1.54, 1.807) is 12.1 Å². The lowest BCUT2D eigenvalue weighted by Crippen LogP contribution is -2.05. The molecule has 14 heavy (non-hydrogen) atoms. The molecule has 1 aromatic carbocycles. The zero-order valence-corrected chi connectivity index (χ0v) is 8.60. The Kier molecular flexibility index (Phi) is 1.94. The molecule has 1 aromatic rings. The van der Waals surface area contributed by atoms with Gasteiger partial charge in [-0.15, -0.1) is 0 Å². The second kappa shape index (κ2) is 2.90. The first kappa shape index (κ1) is 9.36. The summed E-state index contributed by atoms with van der Waals surface area (Å²) >= 11 is 5.96. The van der Waals surface area contributed by atoms with E-state index in [-0.39, 0.29) is 5.75 Å². The summed E-state index contributed by atoms with van der Waals surface area (Å²) in [5.74, 6) is 0.186. The molecular weight excluding hydrogens is 198 g/mol. The van der Waals surface area contributed by atoms with E-state index in [2.05, 4.69) is 6.07 Å². The highest BCUT2D eigenvalue weighted by Gasteiger charge is 2.47. The molecule has 0 heterocycles. The minimum Gasteiger partial charge on any atom is -0.508 e. The fourth-order valence-electron chi connectivity index (χ4n) is 1.82. The van der Waals surface area contributed by atoms with Crippen LogP contribution in [0.3, 0.4) is 0 Å². The van der Waals surface area contributed by atoms with Gasteiger partial charge in [0.25, 0.3) is 0 Å². The van der Waals surface area contributed by atoms with E-state index in [1.165, 1.54) is 0 Å². The molecule has 0 bridgehead atoms. The van der Waals surface area contributed by atoms with Gasteiger partial charge in [-0.05, 0) is 37.5 Å². The van der Waals surface area contributed by atoms with E-state index >= 15 is 0 Å². The third-order valence-electron chi connectivity index (χ3n) is 2.82. The third kappa shape index (κ3) is 1.17. The van der Waals surface area contributed by atoms with Crippen molar-refractivity contribution < 1.29 is 5.11 Å². The number of halogens is 1. The second-order valence-electron chi connectivity index (χ2n) is 3.76. The highest BCUT2D eigenvalue weighted by Crippen LogP contribution is 2.52. The third-order valence-corrected chi connectivity index (χ3v) is 3.23. The Morgan fingerprint density at radius 2 is 2.14 bits per heavy atom. The van der Waals surface area contributed by atoms with Crippen LogP contribution >= 0.6 is 11.6 Å². The van der Waals surface area contributed by atoms with Crippen LogP contribution in [0.15, 0.2) is 12.1 Å². The molecule has 2 nitrogen and oxygen atoms in total. The van der Waals surface area contributed by atoms with E-state index < -0.39 is 5.41 Å². The first-order valence-corrected chi connectivity index (χ1v) is 4.88. The lowest BCUT2D eigenvalue weighted by Gasteiger charge is -2.13. The molecule has 1 fully saturated rings. The fourth-order valence-corrected chi connectivity index (χ4v) is 1.98. The van der Waals surface area contributed by atoms with Gasteiger partial charge < -0.3 is 5.11 Å². The number of rotatable bonds is 1. The molecule has 72 valence electrons. The number of nitrogens with zero attached hydrogens (tertiary/aromatic N) is 1. The van der Waals surface area contributed by atoms with Crippen molar-refractivity contribution in [3.63, 3.8) is 0 Å². The summed E-state index contributed by atoms with van der Waals surface area (Å²) in [5, 5.41) is 19.4. The zero-order valence-electron chi connectivity index (χ0n) is 7.84. The average molecular weight is 208 g/mol. The zero-order chi connectivity index (χ0) is 10.3. The van der Waals surface area contributed by atoms with Crippen LogP contribution in [0.4, 0.5) is 0 Å². The number of phenolic OH excluding ortho intramolecular Hbond substituents is 1. The van der Waals surface area contributed by atoms with Crippen molar-refractivity contribution in [1.82, 2.24) is 0 Å². The Morgan fingerprint density at radius 1 is 1.50 bits per heavy atom. The first-order valence-electron chi connectivity index (χ1n) is 4.50. The van der Waals surface area contributed by atoms with Gasteiger partial charge in [-0.3, -0.25) is 0 Å². The molecule has 3 heteroatoms. The maximum absolute atomic E-state index is 9.71. The van der Waals surface area contributed by atoms with Crippen LogP contribution < -0.4 is 0 Å². The number of hydrogen-bond donors (Lipinski definition) is 1. The molecule has 0 spiro atoms. The van der Waals surface area contributed by atoms with Gasteiger partial charge in [0.05, 0.1) is 11.5 Å². The van der Waals surface area contributed by atoms with Gasteiger partial charge in [-0.25, -0.2) is 0 Å². The number of phenols is 1. The molecule has 0 aliphatic heterocycles.